The van der Waals surface area contributed by atoms with E-state index in [9.17, 15) is 0 Å². The van der Waals surface area contributed by atoms with E-state index in [0.29, 0.717) is 5.92 Å². The molecule has 1 unspecified atom stereocenters. The molecule has 1 aliphatic rings. The Bertz CT molecular complexity index is 300. The molecule has 3 nitrogen and oxygen atoms in total. The fourth-order valence-corrected chi connectivity index (χ4v) is 1.95. The number of aromatic nitrogens is 2. The van der Waals surface area contributed by atoms with Crippen LogP contribution in [0.4, 0.5) is 0 Å². The Kier molecular flexibility index (Phi) is 6.38. The largest absolute Gasteiger partial charge is 0.344 e. The van der Waals surface area contributed by atoms with Crippen LogP contribution in [-0.4, -0.2) is 9.97 Å². The van der Waals surface area contributed by atoms with Crippen molar-refractivity contribution in [2.75, 3.05) is 0 Å². The number of halogens is 2. The number of hydrogen-bond acceptors (Lipinski definition) is 2. The van der Waals surface area contributed by atoms with Crippen LogP contribution in [0.3, 0.4) is 0 Å². The molecule has 0 fully saturated rings. The number of aryl methyl sites for hydroxylation is 2. The average Bonchev–Trinajstić information content (AvgIpc) is 2.59. The molecule has 0 saturated heterocycles. The minimum absolute atomic E-state index is 0. The molecule has 0 saturated carbocycles. The van der Waals surface area contributed by atoms with Gasteiger partial charge in [0.05, 0.1) is 11.7 Å². The van der Waals surface area contributed by atoms with Gasteiger partial charge in [0.2, 0.25) is 0 Å². The smallest absolute Gasteiger partial charge is 0.123 e. The molecule has 1 aliphatic carbocycles. The summed E-state index contributed by atoms with van der Waals surface area (Å²) in [6, 6.07) is 0.0561. The van der Waals surface area contributed by atoms with Gasteiger partial charge in [-0.3, -0.25) is 0 Å². The number of rotatable bonds is 2. The summed E-state index contributed by atoms with van der Waals surface area (Å²) in [7, 11) is 0. The van der Waals surface area contributed by atoms with Gasteiger partial charge in [-0.15, -0.1) is 24.8 Å². The molecule has 5 heteroatoms. The summed E-state index contributed by atoms with van der Waals surface area (Å²) in [6.45, 7) is 4.26. The number of nitrogens with zero attached hydrogens (tertiary/aromatic N) is 1. The van der Waals surface area contributed by atoms with Crippen LogP contribution in [0.1, 0.15) is 49.9 Å². The molecule has 0 spiro atoms. The standard InChI is InChI=1S/C11H19N3.2ClH/c1-7(2)10(12)11-13-8-5-3-4-6-9(8)14-11;;/h7,10H,3-6,12H2,1-2H3,(H,13,14);2*1H. The summed E-state index contributed by atoms with van der Waals surface area (Å²) in [5.41, 5.74) is 8.63. The first kappa shape index (κ1) is 15.8. The number of fused-ring (bicyclic) bond motifs is 1. The van der Waals surface area contributed by atoms with E-state index in [1.807, 2.05) is 0 Å². The summed E-state index contributed by atoms with van der Waals surface area (Å²) in [4.78, 5) is 7.97. The van der Waals surface area contributed by atoms with Crippen LogP contribution >= 0.6 is 24.8 Å². The molecule has 1 atom stereocenters. The van der Waals surface area contributed by atoms with Gasteiger partial charge in [0.15, 0.2) is 0 Å². The Balaban J connectivity index is 0.00000112. The predicted molar refractivity (Wildman–Crippen MR) is 71.5 cm³/mol. The molecule has 2 rings (SSSR count). The topological polar surface area (TPSA) is 54.7 Å². The second-order valence-corrected chi connectivity index (χ2v) is 4.52. The lowest BCUT2D eigenvalue weighted by Crippen LogP contribution is -2.18. The zero-order chi connectivity index (χ0) is 10.1. The van der Waals surface area contributed by atoms with Crippen LogP contribution in [0, 0.1) is 5.92 Å². The SMILES string of the molecule is CC(C)C(N)c1nc2c([nH]1)CCCC2.Cl.Cl. The van der Waals surface area contributed by atoms with Crippen LogP contribution in [0.15, 0.2) is 0 Å². The summed E-state index contributed by atoms with van der Waals surface area (Å²) in [5, 5.41) is 0. The van der Waals surface area contributed by atoms with Gasteiger partial charge in [-0.2, -0.15) is 0 Å². The van der Waals surface area contributed by atoms with Crippen molar-refractivity contribution in [1.82, 2.24) is 9.97 Å². The number of aromatic amines is 1. The van der Waals surface area contributed by atoms with E-state index in [2.05, 4.69) is 23.8 Å². The summed E-state index contributed by atoms with van der Waals surface area (Å²) in [5.74, 6) is 1.43. The maximum Gasteiger partial charge on any atom is 0.123 e. The zero-order valence-corrected chi connectivity index (χ0v) is 11.5. The molecule has 1 aromatic heterocycles. The van der Waals surface area contributed by atoms with Crippen LogP contribution < -0.4 is 5.73 Å². The molecule has 0 bridgehead atoms. The highest BCUT2D eigenvalue weighted by Crippen LogP contribution is 2.23. The maximum atomic E-state index is 6.06. The van der Waals surface area contributed by atoms with Gasteiger partial charge in [-0.25, -0.2) is 4.98 Å². The molecule has 3 N–H and O–H groups in total. The second kappa shape index (κ2) is 6.48. The number of nitrogens with two attached hydrogens (primary N) is 1. The highest BCUT2D eigenvalue weighted by molar-refractivity contribution is 5.85. The van der Waals surface area contributed by atoms with Crippen LogP contribution in [0.25, 0.3) is 0 Å². The van der Waals surface area contributed by atoms with E-state index in [1.54, 1.807) is 0 Å². The molecule has 1 aromatic rings. The minimum Gasteiger partial charge on any atom is -0.344 e. The average molecular weight is 266 g/mol. The minimum atomic E-state index is 0. The van der Waals surface area contributed by atoms with Crippen LogP contribution in [-0.2, 0) is 12.8 Å². The highest BCUT2D eigenvalue weighted by Gasteiger charge is 2.19. The molecular formula is C11H21Cl2N3. The third-order valence-electron chi connectivity index (χ3n) is 3.01. The van der Waals surface area contributed by atoms with Crippen molar-refractivity contribution in [1.29, 1.82) is 0 Å². The lowest BCUT2D eigenvalue weighted by atomic mass is 10.0. The molecule has 16 heavy (non-hydrogen) atoms. The van der Waals surface area contributed by atoms with E-state index in [0.717, 1.165) is 18.7 Å². The Morgan fingerprint density at radius 3 is 2.38 bits per heavy atom. The first-order chi connectivity index (χ1) is 6.68. The van der Waals surface area contributed by atoms with E-state index < -0.39 is 0 Å². The predicted octanol–water partition coefficient (Wildman–Crippen LogP) is 2.79. The molecule has 0 radical (unpaired) electrons. The Morgan fingerprint density at radius 2 is 1.81 bits per heavy atom. The van der Waals surface area contributed by atoms with Gasteiger partial charge >= 0.3 is 0 Å². The molecule has 94 valence electrons. The number of hydrogen-bond donors (Lipinski definition) is 2. The van der Waals surface area contributed by atoms with E-state index in [4.69, 9.17) is 5.73 Å². The Morgan fingerprint density at radius 1 is 1.19 bits per heavy atom. The summed E-state index contributed by atoms with van der Waals surface area (Å²) < 4.78 is 0. The number of imidazole rings is 1. The summed E-state index contributed by atoms with van der Waals surface area (Å²) in [6.07, 6.45) is 4.82. The van der Waals surface area contributed by atoms with Crippen molar-refractivity contribution >= 4 is 24.8 Å². The van der Waals surface area contributed by atoms with E-state index in [1.165, 1.54) is 24.2 Å². The van der Waals surface area contributed by atoms with Crippen molar-refractivity contribution in [3.8, 4) is 0 Å². The second-order valence-electron chi connectivity index (χ2n) is 4.52. The third-order valence-corrected chi connectivity index (χ3v) is 3.01. The third kappa shape index (κ3) is 3.12. The van der Waals surface area contributed by atoms with Crippen molar-refractivity contribution in [3.63, 3.8) is 0 Å². The van der Waals surface area contributed by atoms with Crippen molar-refractivity contribution in [2.24, 2.45) is 11.7 Å². The summed E-state index contributed by atoms with van der Waals surface area (Å²) >= 11 is 0. The maximum absolute atomic E-state index is 6.06. The first-order valence-electron chi connectivity index (χ1n) is 5.51. The highest BCUT2D eigenvalue weighted by atomic mass is 35.5. The van der Waals surface area contributed by atoms with Crippen molar-refractivity contribution in [2.45, 2.75) is 45.6 Å². The number of nitrogens with one attached hydrogen (secondary N) is 1. The Hall–Kier alpha value is -0.250. The Labute approximate surface area is 109 Å². The monoisotopic (exact) mass is 265 g/mol. The van der Waals surface area contributed by atoms with Crippen LogP contribution in [0.5, 0.6) is 0 Å². The fourth-order valence-electron chi connectivity index (χ4n) is 1.95. The van der Waals surface area contributed by atoms with E-state index >= 15 is 0 Å². The normalized spacial score (nSPS) is 16.0. The van der Waals surface area contributed by atoms with Gasteiger partial charge in [-0.1, -0.05) is 13.8 Å². The quantitative estimate of drug-likeness (QED) is 0.864. The fraction of sp³-hybridized carbons (Fsp3) is 0.727. The van der Waals surface area contributed by atoms with Crippen LogP contribution in [0.2, 0.25) is 0 Å². The molecule has 1 heterocycles. The molecule has 0 aromatic carbocycles. The first-order valence-corrected chi connectivity index (χ1v) is 5.51. The van der Waals surface area contributed by atoms with E-state index in [-0.39, 0.29) is 30.9 Å². The van der Waals surface area contributed by atoms with Gasteiger partial charge < -0.3 is 10.7 Å². The molecule has 0 aliphatic heterocycles. The lowest BCUT2D eigenvalue weighted by Gasteiger charge is -2.11. The van der Waals surface area contributed by atoms with Gasteiger partial charge in [-0.05, 0) is 31.6 Å². The zero-order valence-electron chi connectivity index (χ0n) is 9.82. The van der Waals surface area contributed by atoms with Crippen molar-refractivity contribution < 1.29 is 0 Å². The van der Waals surface area contributed by atoms with Gasteiger partial charge in [0.25, 0.3) is 0 Å². The lowest BCUT2D eigenvalue weighted by molar-refractivity contribution is 0.493. The molecule has 0 amide bonds. The van der Waals surface area contributed by atoms with Crippen molar-refractivity contribution in [3.05, 3.63) is 17.2 Å². The number of H-pyrrole nitrogens is 1. The van der Waals surface area contributed by atoms with Gasteiger partial charge in [0.1, 0.15) is 5.82 Å². The van der Waals surface area contributed by atoms with Gasteiger partial charge in [0, 0.05) is 5.69 Å². The molecular weight excluding hydrogens is 245 g/mol.